The monoisotopic (exact) mass is 564 g/mol. The summed E-state index contributed by atoms with van der Waals surface area (Å²) in [5.41, 5.74) is 2.54. The van der Waals surface area contributed by atoms with Crippen molar-refractivity contribution in [2.75, 3.05) is 51.9 Å². The lowest BCUT2D eigenvalue weighted by atomic mass is 9.97. The van der Waals surface area contributed by atoms with Crippen LogP contribution in [0.2, 0.25) is 0 Å². The first kappa shape index (κ1) is 31.5. The van der Waals surface area contributed by atoms with Crippen LogP contribution in [0.25, 0.3) is 0 Å². The van der Waals surface area contributed by atoms with Gasteiger partial charge in [0.25, 0.3) is 0 Å². The summed E-state index contributed by atoms with van der Waals surface area (Å²) >= 11 is 0. The van der Waals surface area contributed by atoms with Crippen molar-refractivity contribution in [3.63, 3.8) is 0 Å². The molecule has 3 rings (SSSR count). The first-order chi connectivity index (χ1) is 19.7. The van der Waals surface area contributed by atoms with Gasteiger partial charge in [-0.3, -0.25) is 19.4 Å². The molecule has 1 aromatic heterocycles. The second-order valence-corrected chi connectivity index (χ2v) is 10.2. The van der Waals surface area contributed by atoms with Crippen LogP contribution >= 0.6 is 0 Å². The summed E-state index contributed by atoms with van der Waals surface area (Å²) in [6.45, 7) is 8.18. The molecule has 1 N–H and O–H groups in total. The van der Waals surface area contributed by atoms with Crippen LogP contribution in [0.3, 0.4) is 0 Å². The van der Waals surface area contributed by atoms with Gasteiger partial charge in [-0.2, -0.15) is 5.26 Å². The van der Waals surface area contributed by atoms with Crippen molar-refractivity contribution < 1.29 is 23.9 Å². The molecule has 1 fully saturated rings. The summed E-state index contributed by atoms with van der Waals surface area (Å²) in [6, 6.07) is 3.48. The molecule has 3 amide bonds. The van der Waals surface area contributed by atoms with E-state index in [-0.39, 0.29) is 24.2 Å². The van der Waals surface area contributed by atoms with Crippen molar-refractivity contribution in [1.29, 1.82) is 5.26 Å². The van der Waals surface area contributed by atoms with Crippen LogP contribution in [0.5, 0.6) is 0 Å². The van der Waals surface area contributed by atoms with Gasteiger partial charge in [0.2, 0.25) is 5.91 Å². The average Bonchev–Trinajstić information content (AvgIpc) is 2.94. The fourth-order valence-corrected chi connectivity index (χ4v) is 4.73. The topological polar surface area (TPSA) is 128 Å². The van der Waals surface area contributed by atoms with Gasteiger partial charge in [0.1, 0.15) is 29.9 Å². The van der Waals surface area contributed by atoms with E-state index in [0.29, 0.717) is 73.8 Å². The molecule has 1 atom stereocenters. The standard InChI is InChI=1S/C30H40N6O5/c1-6-7-8-24(17-31)27(41-14-13-40-5)15-21(2)32-30(39)36-22(3)9-10-23-16-25(26(20-37)33-29(23)36)18-35-12-11-34(4)19-28(35)38/h7-8,15-16,20,22H,6,9-14,18-19H2,1-5H3,(H,32,39)/b8-7+,21-15+,27-24-. The average molecular weight is 565 g/mol. The van der Waals surface area contributed by atoms with Crippen LogP contribution in [-0.2, 0) is 27.2 Å². The van der Waals surface area contributed by atoms with Crippen LogP contribution in [0.1, 0.15) is 55.2 Å². The Morgan fingerprint density at radius 2 is 2.10 bits per heavy atom. The predicted octanol–water partition coefficient (Wildman–Crippen LogP) is 3.33. The number of hydrogen-bond donors (Lipinski definition) is 1. The highest BCUT2D eigenvalue weighted by molar-refractivity contribution is 5.94. The van der Waals surface area contributed by atoms with Gasteiger partial charge < -0.3 is 19.7 Å². The van der Waals surface area contributed by atoms with Crippen LogP contribution in [-0.4, -0.2) is 86.1 Å². The van der Waals surface area contributed by atoms with Gasteiger partial charge in [0, 0.05) is 50.1 Å². The zero-order valence-corrected chi connectivity index (χ0v) is 24.6. The van der Waals surface area contributed by atoms with Gasteiger partial charge in [0.05, 0.1) is 18.7 Å². The van der Waals surface area contributed by atoms with Gasteiger partial charge in [0.15, 0.2) is 6.29 Å². The molecule has 41 heavy (non-hydrogen) atoms. The molecule has 0 aliphatic carbocycles. The highest BCUT2D eigenvalue weighted by Gasteiger charge is 2.32. The summed E-state index contributed by atoms with van der Waals surface area (Å²) < 4.78 is 10.8. The maximum absolute atomic E-state index is 13.5. The number of aryl methyl sites for hydroxylation is 1. The normalized spacial score (nSPS) is 18.6. The van der Waals surface area contributed by atoms with Gasteiger partial charge in [-0.25, -0.2) is 9.78 Å². The number of fused-ring (bicyclic) bond motifs is 1. The Balaban J connectivity index is 1.87. The number of urea groups is 1. The molecule has 3 heterocycles. The number of pyridine rings is 1. The minimum atomic E-state index is -0.405. The number of methoxy groups -OCH3 is 1. The Morgan fingerprint density at radius 3 is 2.76 bits per heavy atom. The number of likely N-dealkylation sites (N-methyl/N-ethyl adjacent to an activating group) is 1. The fraction of sp³-hybridized carbons (Fsp3) is 0.500. The second kappa shape index (κ2) is 15.1. The molecule has 0 spiro atoms. The summed E-state index contributed by atoms with van der Waals surface area (Å²) in [6.07, 6.45) is 8.00. The van der Waals surface area contributed by atoms with E-state index in [1.54, 1.807) is 36.0 Å². The minimum absolute atomic E-state index is 0.00886. The maximum atomic E-state index is 13.5. The molecule has 0 bridgehead atoms. The molecular formula is C30H40N6O5. The summed E-state index contributed by atoms with van der Waals surface area (Å²) in [4.78, 5) is 48.0. The zero-order valence-electron chi connectivity index (χ0n) is 24.6. The Bertz CT molecular complexity index is 1260. The molecule has 0 saturated carbocycles. The lowest BCUT2D eigenvalue weighted by Crippen LogP contribution is -2.49. The van der Waals surface area contributed by atoms with Crippen molar-refractivity contribution in [3.8, 4) is 6.07 Å². The number of piperazine rings is 1. The van der Waals surface area contributed by atoms with Crippen molar-refractivity contribution in [2.45, 2.75) is 52.6 Å². The lowest BCUT2D eigenvalue weighted by Gasteiger charge is -2.35. The van der Waals surface area contributed by atoms with E-state index in [9.17, 15) is 19.6 Å². The van der Waals surface area contributed by atoms with E-state index in [1.807, 2.05) is 37.9 Å². The fourth-order valence-electron chi connectivity index (χ4n) is 4.73. The van der Waals surface area contributed by atoms with Gasteiger partial charge in [-0.05, 0) is 57.9 Å². The number of aldehydes is 1. The number of amides is 3. The van der Waals surface area contributed by atoms with Crippen molar-refractivity contribution in [3.05, 3.63) is 58.1 Å². The molecule has 1 saturated heterocycles. The number of carbonyl (C=O) groups excluding carboxylic acids is 3. The largest absolute Gasteiger partial charge is 0.490 e. The van der Waals surface area contributed by atoms with Crippen molar-refractivity contribution in [1.82, 2.24) is 20.1 Å². The third-order valence-electron chi connectivity index (χ3n) is 7.00. The highest BCUT2D eigenvalue weighted by Crippen LogP contribution is 2.31. The number of ether oxygens (including phenoxy) is 2. The lowest BCUT2D eigenvalue weighted by molar-refractivity contribution is -0.136. The van der Waals surface area contributed by atoms with E-state index in [2.05, 4.69) is 16.4 Å². The molecule has 220 valence electrons. The Hall–Kier alpha value is -4.01. The van der Waals surface area contributed by atoms with E-state index in [1.165, 1.54) is 0 Å². The van der Waals surface area contributed by atoms with Gasteiger partial charge in [-0.15, -0.1) is 0 Å². The maximum Gasteiger partial charge on any atom is 0.327 e. The van der Waals surface area contributed by atoms with Gasteiger partial charge >= 0.3 is 6.03 Å². The molecule has 11 nitrogen and oxygen atoms in total. The van der Waals surface area contributed by atoms with E-state index in [0.717, 1.165) is 18.5 Å². The SMILES string of the molecule is CC/C=C/C(C#N)=C(\C=C(/C)NC(=O)N1c2nc(C=O)c(CN3CCN(C)CC3=O)cc2CCC1C)OCCOC. The number of hydrogen-bond acceptors (Lipinski definition) is 8. The summed E-state index contributed by atoms with van der Waals surface area (Å²) in [5, 5.41) is 12.6. The van der Waals surface area contributed by atoms with Crippen LogP contribution in [0.4, 0.5) is 10.6 Å². The number of nitrogens with zero attached hydrogens (tertiary/aromatic N) is 5. The van der Waals surface area contributed by atoms with Crippen LogP contribution in [0.15, 0.2) is 41.3 Å². The highest BCUT2D eigenvalue weighted by atomic mass is 16.5. The number of allylic oxidation sites excluding steroid dienone is 5. The molecule has 2 aliphatic rings. The Morgan fingerprint density at radius 1 is 1.32 bits per heavy atom. The zero-order chi connectivity index (χ0) is 29.9. The molecule has 0 aromatic carbocycles. The van der Waals surface area contributed by atoms with E-state index < -0.39 is 6.03 Å². The number of anilines is 1. The third-order valence-corrected chi connectivity index (χ3v) is 7.00. The van der Waals surface area contributed by atoms with Crippen LogP contribution in [0, 0.1) is 11.3 Å². The molecule has 2 aliphatic heterocycles. The molecule has 1 unspecified atom stereocenters. The third kappa shape index (κ3) is 8.25. The molecule has 11 heteroatoms. The van der Waals surface area contributed by atoms with Crippen molar-refractivity contribution in [2.24, 2.45) is 0 Å². The Kier molecular flexibility index (Phi) is 11.6. The number of rotatable bonds is 11. The van der Waals surface area contributed by atoms with Crippen molar-refractivity contribution >= 4 is 24.0 Å². The van der Waals surface area contributed by atoms with Gasteiger partial charge in [-0.1, -0.05) is 13.0 Å². The second-order valence-electron chi connectivity index (χ2n) is 10.2. The molecule has 0 radical (unpaired) electrons. The minimum Gasteiger partial charge on any atom is -0.490 e. The quantitative estimate of drug-likeness (QED) is 0.143. The first-order valence-corrected chi connectivity index (χ1v) is 13.9. The number of nitriles is 1. The van der Waals surface area contributed by atoms with E-state index in [4.69, 9.17) is 9.47 Å². The molecule has 1 aromatic rings. The Labute approximate surface area is 242 Å². The number of aromatic nitrogens is 1. The molecular weight excluding hydrogens is 524 g/mol. The number of nitrogens with one attached hydrogen (secondary N) is 1. The van der Waals surface area contributed by atoms with Crippen LogP contribution < -0.4 is 10.2 Å². The summed E-state index contributed by atoms with van der Waals surface area (Å²) in [7, 11) is 3.47. The first-order valence-electron chi connectivity index (χ1n) is 13.9. The summed E-state index contributed by atoms with van der Waals surface area (Å²) in [5.74, 6) is 0.762. The predicted molar refractivity (Wildman–Crippen MR) is 155 cm³/mol. The smallest absolute Gasteiger partial charge is 0.327 e. The van der Waals surface area contributed by atoms with E-state index >= 15 is 0 Å². The number of carbonyl (C=O) groups is 3.